The maximum Gasteiger partial charge on any atom is 0.236 e. The van der Waals surface area contributed by atoms with E-state index in [1.165, 1.54) is 41.5 Å². The van der Waals surface area contributed by atoms with E-state index in [0.717, 1.165) is 57.5 Å². The number of fused-ring (bicyclic) bond motifs is 1. The minimum atomic E-state index is 0.298. The molecule has 0 N–H and O–H groups in total. The SMILES string of the molecule is COc1ccc(-c2ccc3c(c2)CCN(CC(=O)N2CCN(C4CCC4)CC2)C3)cc1. The molecule has 0 spiro atoms. The van der Waals surface area contributed by atoms with Crippen LogP contribution in [0.25, 0.3) is 11.1 Å². The van der Waals surface area contributed by atoms with Gasteiger partial charge in [0.15, 0.2) is 0 Å². The lowest BCUT2D eigenvalue weighted by Crippen LogP contribution is -2.55. The van der Waals surface area contributed by atoms with Gasteiger partial charge in [-0.05, 0) is 53.6 Å². The summed E-state index contributed by atoms with van der Waals surface area (Å²) >= 11 is 0. The molecular weight excluding hydrogens is 386 g/mol. The Labute approximate surface area is 185 Å². The monoisotopic (exact) mass is 419 g/mol. The highest BCUT2D eigenvalue weighted by atomic mass is 16.5. The number of carbonyl (C=O) groups is 1. The van der Waals surface area contributed by atoms with Crippen molar-refractivity contribution in [2.24, 2.45) is 0 Å². The van der Waals surface area contributed by atoms with E-state index in [0.29, 0.717) is 12.5 Å². The molecule has 2 aromatic rings. The molecule has 1 saturated heterocycles. The van der Waals surface area contributed by atoms with Gasteiger partial charge in [0.1, 0.15) is 5.75 Å². The number of benzene rings is 2. The Hall–Kier alpha value is -2.37. The molecule has 1 saturated carbocycles. The average molecular weight is 420 g/mol. The van der Waals surface area contributed by atoms with Gasteiger partial charge in [0.2, 0.25) is 5.91 Å². The van der Waals surface area contributed by atoms with Crippen molar-refractivity contribution in [3.63, 3.8) is 0 Å². The zero-order valence-electron chi connectivity index (χ0n) is 18.6. The average Bonchev–Trinajstić information content (AvgIpc) is 2.78. The molecule has 0 unspecified atom stereocenters. The van der Waals surface area contributed by atoms with E-state index in [2.05, 4.69) is 45.0 Å². The lowest BCUT2D eigenvalue weighted by Gasteiger charge is -2.43. The lowest BCUT2D eigenvalue weighted by atomic mass is 9.91. The molecule has 5 nitrogen and oxygen atoms in total. The molecule has 2 fully saturated rings. The summed E-state index contributed by atoms with van der Waals surface area (Å²) in [6, 6.07) is 15.8. The van der Waals surface area contributed by atoms with Gasteiger partial charge in [-0.1, -0.05) is 36.8 Å². The largest absolute Gasteiger partial charge is 0.497 e. The number of rotatable bonds is 5. The first kappa shape index (κ1) is 20.5. The van der Waals surface area contributed by atoms with Crippen molar-refractivity contribution in [1.29, 1.82) is 0 Å². The topological polar surface area (TPSA) is 36.0 Å². The Balaban J connectivity index is 1.16. The van der Waals surface area contributed by atoms with Gasteiger partial charge < -0.3 is 9.64 Å². The van der Waals surface area contributed by atoms with Crippen molar-refractivity contribution >= 4 is 5.91 Å². The normalized spacial score (nSPS) is 20.2. The van der Waals surface area contributed by atoms with Crippen LogP contribution in [0.2, 0.25) is 0 Å². The Kier molecular flexibility index (Phi) is 5.97. The van der Waals surface area contributed by atoms with Crippen molar-refractivity contribution in [2.45, 2.75) is 38.3 Å². The maximum atomic E-state index is 12.9. The summed E-state index contributed by atoms with van der Waals surface area (Å²) in [7, 11) is 1.69. The highest BCUT2D eigenvalue weighted by Gasteiger charge is 2.30. The van der Waals surface area contributed by atoms with Gasteiger partial charge in [-0.25, -0.2) is 0 Å². The van der Waals surface area contributed by atoms with Crippen LogP contribution < -0.4 is 4.74 Å². The third kappa shape index (κ3) is 4.48. The van der Waals surface area contributed by atoms with E-state index in [9.17, 15) is 4.79 Å². The number of amides is 1. The number of methoxy groups -OCH3 is 1. The van der Waals surface area contributed by atoms with E-state index >= 15 is 0 Å². The molecule has 1 amide bonds. The van der Waals surface area contributed by atoms with E-state index in [4.69, 9.17) is 4.74 Å². The van der Waals surface area contributed by atoms with E-state index in [1.54, 1.807) is 7.11 Å². The third-order valence-electron chi connectivity index (χ3n) is 7.34. The van der Waals surface area contributed by atoms with Crippen molar-refractivity contribution in [1.82, 2.24) is 14.7 Å². The second-order valence-corrected chi connectivity index (χ2v) is 9.17. The molecule has 1 aliphatic carbocycles. The molecule has 31 heavy (non-hydrogen) atoms. The van der Waals surface area contributed by atoms with E-state index < -0.39 is 0 Å². The van der Waals surface area contributed by atoms with Crippen LogP contribution >= 0.6 is 0 Å². The number of hydrogen-bond acceptors (Lipinski definition) is 4. The van der Waals surface area contributed by atoms with Gasteiger partial charge in [0.25, 0.3) is 0 Å². The summed E-state index contributed by atoms with van der Waals surface area (Å²) in [4.78, 5) is 19.9. The fourth-order valence-electron chi connectivity index (χ4n) is 5.09. The Morgan fingerprint density at radius 1 is 0.935 bits per heavy atom. The smallest absolute Gasteiger partial charge is 0.236 e. The maximum absolute atomic E-state index is 12.9. The third-order valence-corrected chi connectivity index (χ3v) is 7.34. The van der Waals surface area contributed by atoms with E-state index in [1.807, 2.05) is 12.1 Å². The zero-order chi connectivity index (χ0) is 21.2. The lowest BCUT2D eigenvalue weighted by molar-refractivity contribution is -0.135. The predicted octanol–water partition coefficient (Wildman–Crippen LogP) is 3.42. The van der Waals surface area contributed by atoms with Crippen molar-refractivity contribution < 1.29 is 9.53 Å². The fraction of sp³-hybridized carbons (Fsp3) is 0.500. The van der Waals surface area contributed by atoms with Crippen LogP contribution in [0.1, 0.15) is 30.4 Å². The zero-order valence-corrected chi connectivity index (χ0v) is 18.6. The van der Waals surface area contributed by atoms with Crippen LogP contribution in [0.15, 0.2) is 42.5 Å². The van der Waals surface area contributed by atoms with Crippen molar-refractivity contribution in [3.05, 3.63) is 53.6 Å². The molecule has 5 rings (SSSR count). The fourth-order valence-corrected chi connectivity index (χ4v) is 5.09. The minimum absolute atomic E-state index is 0.298. The Morgan fingerprint density at radius 3 is 2.35 bits per heavy atom. The van der Waals surface area contributed by atoms with E-state index in [-0.39, 0.29) is 0 Å². The Bertz CT molecular complexity index is 915. The molecule has 0 radical (unpaired) electrons. The number of hydrogen-bond donors (Lipinski definition) is 0. The second-order valence-electron chi connectivity index (χ2n) is 9.17. The number of carbonyl (C=O) groups excluding carboxylic acids is 1. The molecule has 0 aromatic heterocycles. The van der Waals surface area contributed by atoms with Crippen molar-refractivity contribution in [2.75, 3.05) is 46.4 Å². The number of piperazine rings is 1. The summed E-state index contributed by atoms with van der Waals surface area (Å²) in [5.41, 5.74) is 5.22. The molecular formula is C26H33N3O2. The Morgan fingerprint density at radius 2 is 1.68 bits per heavy atom. The van der Waals surface area contributed by atoms with Gasteiger partial charge in [0, 0.05) is 45.3 Å². The standard InChI is InChI=1S/C26H33N3O2/c1-31-25-9-7-20(8-10-25)21-5-6-23-18-27(12-11-22(23)17-21)19-26(30)29-15-13-28(14-16-29)24-3-2-4-24/h5-10,17,24H,2-4,11-16,18-19H2,1H3. The van der Waals surface area contributed by atoms with Gasteiger partial charge in [-0.3, -0.25) is 14.6 Å². The first-order chi connectivity index (χ1) is 15.2. The molecule has 2 aliphatic heterocycles. The quantitative estimate of drug-likeness (QED) is 0.744. The summed E-state index contributed by atoms with van der Waals surface area (Å²) in [6.45, 7) is 6.25. The molecule has 0 bridgehead atoms. The summed E-state index contributed by atoms with van der Waals surface area (Å²) < 4.78 is 5.27. The number of ether oxygens (including phenoxy) is 1. The predicted molar refractivity (Wildman–Crippen MR) is 123 cm³/mol. The highest BCUT2D eigenvalue weighted by molar-refractivity contribution is 5.78. The summed E-state index contributed by atoms with van der Waals surface area (Å²) in [5, 5.41) is 0. The van der Waals surface area contributed by atoms with Crippen LogP contribution in [0.3, 0.4) is 0 Å². The first-order valence-corrected chi connectivity index (χ1v) is 11.7. The van der Waals surface area contributed by atoms with Gasteiger partial charge in [-0.15, -0.1) is 0 Å². The molecule has 0 atom stereocenters. The van der Waals surface area contributed by atoms with Crippen LogP contribution in [0.4, 0.5) is 0 Å². The highest BCUT2D eigenvalue weighted by Crippen LogP contribution is 2.28. The molecule has 2 aromatic carbocycles. The first-order valence-electron chi connectivity index (χ1n) is 11.7. The summed E-state index contributed by atoms with van der Waals surface area (Å²) in [6.07, 6.45) is 5.08. The van der Waals surface area contributed by atoms with Crippen molar-refractivity contribution in [3.8, 4) is 16.9 Å². The molecule has 3 aliphatic rings. The van der Waals surface area contributed by atoms with Gasteiger partial charge >= 0.3 is 0 Å². The number of nitrogens with zero attached hydrogens (tertiary/aromatic N) is 3. The minimum Gasteiger partial charge on any atom is -0.497 e. The van der Waals surface area contributed by atoms with Gasteiger partial charge in [0.05, 0.1) is 13.7 Å². The van der Waals surface area contributed by atoms with Crippen LogP contribution in [-0.4, -0.2) is 73.0 Å². The van der Waals surface area contributed by atoms with Crippen LogP contribution in [0, 0.1) is 0 Å². The molecule has 2 heterocycles. The van der Waals surface area contributed by atoms with Crippen LogP contribution in [-0.2, 0) is 17.8 Å². The molecule has 5 heteroatoms. The van der Waals surface area contributed by atoms with Gasteiger partial charge in [-0.2, -0.15) is 0 Å². The summed E-state index contributed by atoms with van der Waals surface area (Å²) in [5.74, 6) is 1.18. The molecule has 164 valence electrons. The second kappa shape index (κ2) is 9.01. The van der Waals surface area contributed by atoms with Crippen LogP contribution in [0.5, 0.6) is 5.75 Å².